The van der Waals surface area contributed by atoms with Crippen molar-refractivity contribution in [2.75, 3.05) is 17.4 Å². The summed E-state index contributed by atoms with van der Waals surface area (Å²) in [7, 11) is -4.66. The van der Waals surface area contributed by atoms with Gasteiger partial charge < -0.3 is 15.4 Å². The van der Waals surface area contributed by atoms with Gasteiger partial charge in [0.15, 0.2) is 0 Å². The van der Waals surface area contributed by atoms with Crippen molar-refractivity contribution in [2.24, 2.45) is 0 Å². The van der Waals surface area contributed by atoms with Crippen LogP contribution >= 0.6 is 0 Å². The molecular weight excluding hydrogens is 573 g/mol. The van der Waals surface area contributed by atoms with E-state index in [2.05, 4.69) is 10.6 Å². The molecular formula is C27H24F5N3O5S. The minimum atomic E-state index is -4.81. The van der Waals surface area contributed by atoms with Crippen molar-refractivity contribution < 1.29 is 44.7 Å². The van der Waals surface area contributed by atoms with Crippen LogP contribution < -0.4 is 19.7 Å². The minimum absolute atomic E-state index is 0.0264. The van der Waals surface area contributed by atoms with Crippen molar-refractivity contribution in [3.63, 3.8) is 0 Å². The van der Waals surface area contributed by atoms with Crippen LogP contribution in [0.2, 0.25) is 0 Å². The molecule has 0 bridgehead atoms. The molecule has 0 saturated heterocycles. The van der Waals surface area contributed by atoms with Crippen molar-refractivity contribution >= 4 is 27.5 Å². The van der Waals surface area contributed by atoms with Gasteiger partial charge in [-0.15, -0.1) is 0 Å². The Balaban J connectivity index is 1.74. The molecule has 2 amide bonds. The van der Waals surface area contributed by atoms with E-state index in [0.29, 0.717) is 6.07 Å². The third kappa shape index (κ3) is 6.59. The highest BCUT2D eigenvalue weighted by Gasteiger charge is 2.37. The van der Waals surface area contributed by atoms with Gasteiger partial charge in [-0.1, -0.05) is 12.1 Å². The van der Waals surface area contributed by atoms with Crippen LogP contribution in [-0.4, -0.2) is 45.5 Å². The van der Waals surface area contributed by atoms with Gasteiger partial charge in [-0.2, -0.15) is 13.2 Å². The summed E-state index contributed by atoms with van der Waals surface area (Å²) in [5, 5.41) is 4.94. The Morgan fingerprint density at radius 1 is 1.07 bits per heavy atom. The normalized spacial score (nSPS) is 15.9. The molecule has 0 spiro atoms. The fourth-order valence-corrected chi connectivity index (χ4v) is 5.78. The van der Waals surface area contributed by atoms with Gasteiger partial charge in [0.2, 0.25) is 11.8 Å². The number of ether oxygens (including phenoxy) is 1. The molecule has 0 saturated carbocycles. The Kier molecular flexibility index (Phi) is 8.24. The maximum absolute atomic E-state index is 14.5. The Morgan fingerprint density at radius 3 is 2.49 bits per heavy atom. The quantitative estimate of drug-likeness (QED) is 0.397. The summed E-state index contributed by atoms with van der Waals surface area (Å²) in [5.41, 5.74) is -1.40. The highest BCUT2D eigenvalue weighted by Crippen LogP contribution is 2.41. The molecule has 41 heavy (non-hydrogen) atoms. The Labute approximate surface area is 232 Å². The first-order valence-electron chi connectivity index (χ1n) is 12.2. The number of carbonyl (C=O) groups is 2. The van der Waals surface area contributed by atoms with Gasteiger partial charge in [0.1, 0.15) is 29.5 Å². The first kappa shape index (κ1) is 29.8. The van der Waals surface area contributed by atoms with Crippen molar-refractivity contribution in [1.82, 2.24) is 10.6 Å². The van der Waals surface area contributed by atoms with E-state index in [-0.39, 0.29) is 29.1 Å². The number of amides is 2. The second-order valence-corrected chi connectivity index (χ2v) is 11.1. The SMILES string of the molecule is CC(=O)N[C@H](C)C(=O)NC[C@H]1CN(S(=O)(=O)c2cccc(C(F)(F)F)c2)c2cc(-c3cc(F)ccc3F)ccc2O1. The third-order valence-corrected chi connectivity index (χ3v) is 7.97. The first-order chi connectivity index (χ1) is 19.2. The van der Waals surface area contributed by atoms with Gasteiger partial charge in [-0.3, -0.25) is 13.9 Å². The summed E-state index contributed by atoms with van der Waals surface area (Å²) in [4.78, 5) is 23.0. The molecule has 0 aromatic heterocycles. The predicted octanol–water partition coefficient (Wildman–Crippen LogP) is 4.25. The van der Waals surface area contributed by atoms with Crippen molar-refractivity contribution in [1.29, 1.82) is 0 Å². The second-order valence-electron chi connectivity index (χ2n) is 9.28. The summed E-state index contributed by atoms with van der Waals surface area (Å²) < 4.78 is 103. The van der Waals surface area contributed by atoms with Crippen LogP contribution in [0.15, 0.2) is 65.6 Å². The van der Waals surface area contributed by atoms with Crippen molar-refractivity contribution in [3.8, 4) is 16.9 Å². The number of hydrogen-bond donors (Lipinski definition) is 2. The largest absolute Gasteiger partial charge is 0.484 e. The molecule has 0 aliphatic carbocycles. The molecule has 0 unspecified atom stereocenters. The smallest absolute Gasteiger partial charge is 0.416 e. The first-order valence-corrected chi connectivity index (χ1v) is 13.6. The molecule has 3 aromatic carbocycles. The zero-order valence-corrected chi connectivity index (χ0v) is 22.4. The summed E-state index contributed by atoms with van der Waals surface area (Å²) in [5.74, 6) is -2.59. The fraction of sp³-hybridized carbons (Fsp3) is 0.259. The van der Waals surface area contributed by atoms with Gasteiger partial charge in [-0.05, 0) is 61.0 Å². The van der Waals surface area contributed by atoms with Gasteiger partial charge in [0.05, 0.1) is 29.2 Å². The van der Waals surface area contributed by atoms with Crippen LogP contribution in [0.3, 0.4) is 0 Å². The number of nitrogens with one attached hydrogen (secondary N) is 2. The zero-order valence-electron chi connectivity index (χ0n) is 21.6. The monoisotopic (exact) mass is 597 g/mol. The van der Waals surface area contributed by atoms with E-state index in [0.717, 1.165) is 40.7 Å². The standard InChI is InChI=1S/C27H24F5N3O5S/c1-15(34-16(2)36)26(37)33-13-20-14-35(41(38,39)21-5-3-4-18(11-21)27(30,31)32)24-10-17(6-9-25(24)40-20)22-12-19(28)7-8-23(22)29/h3-12,15,20H,13-14H2,1-2H3,(H,33,37)(H,34,36)/t15-,20+/m1/s1. The Hall–Kier alpha value is -4.20. The molecule has 218 valence electrons. The Morgan fingerprint density at radius 2 is 1.80 bits per heavy atom. The van der Waals surface area contributed by atoms with E-state index in [1.54, 1.807) is 0 Å². The Bertz CT molecular complexity index is 1600. The van der Waals surface area contributed by atoms with Crippen LogP contribution in [-0.2, 0) is 25.8 Å². The summed E-state index contributed by atoms with van der Waals surface area (Å²) >= 11 is 0. The van der Waals surface area contributed by atoms with Crippen LogP contribution in [0, 0.1) is 11.6 Å². The molecule has 1 heterocycles. The molecule has 0 fully saturated rings. The maximum Gasteiger partial charge on any atom is 0.416 e. The molecule has 1 aliphatic rings. The molecule has 2 N–H and O–H groups in total. The number of fused-ring (bicyclic) bond motifs is 1. The van der Waals surface area contributed by atoms with Crippen molar-refractivity contribution in [2.45, 2.75) is 37.1 Å². The number of alkyl halides is 3. The third-order valence-electron chi connectivity index (χ3n) is 6.20. The molecule has 14 heteroatoms. The van der Waals surface area contributed by atoms with E-state index in [1.165, 1.54) is 32.0 Å². The average molecular weight is 598 g/mol. The van der Waals surface area contributed by atoms with Crippen LogP contribution in [0.5, 0.6) is 5.75 Å². The molecule has 1 aliphatic heterocycles. The van der Waals surface area contributed by atoms with E-state index in [4.69, 9.17) is 4.74 Å². The van der Waals surface area contributed by atoms with E-state index < -0.39 is 68.8 Å². The number of rotatable bonds is 7. The summed E-state index contributed by atoms with van der Waals surface area (Å²) in [6.07, 6.45) is -5.82. The highest BCUT2D eigenvalue weighted by atomic mass is 32.2. The lowest BCUT2D eigenvalue weighted by Gasteiger charge is -2.36. The number of nitrogens with zero attached hydrogens (tertiary/aromatic N) is 1. The molecule has 2 atom stereocenters. The van der Waals surface area contributed by atoms with E-state index in [1.807, 2.05) is 0 Å². The lowest BCUT2D eigenvalue weighted by Crippen LogP contribution is -2.51. The van der Waals surface area contributed by atoms with Crippen LogP contribution in [0.25, 0.3) is 11.1 Å². The molecule has 8 nitrogen and oxygen atoms in total. The maximum atomic E-state index is 14.5. The fourth-order valence-electron chi connectivity index (χ4n) is 4.23. The number of carbonyl (C=O) groups excluding carboxylic acids is 2. The van der Waals surface area contributed by atoms with Gasteiger partial charge in [0, 0.05) is 12.5 Å². The number of hydrogen-bond acceptors (Lipinski definition) is 5. The molecule has 0 radical (unpaired) electrons. The van der Waals surface area contributed by atoms with Crippen molar-refractivity contribution in [3.05, 3.63) is 77.9 Å². The van der Waals surface area contributed by atoms with Gasteiger partial charge in [-0.25, -0.2) is 17.2 Å². The predicted molar refractivity (Wildman–Crippen MR) is 138 cm³/mol. The molecule has 4 rings (SSSR count). The highest BCUT2D eigenvalue weighted by molar-refractivity contribution is 7.92. The van der Waals surface area contributed by atoms with Gasteiger partial charge in [0.25, 0.3) is 10.0 Å². The number of anilines is 1. The van der Waals surface area contributed by atoms with E-state index in [9.17, 15) is 40.0 Å². The lowest BCUT2D eigenvalue weighted by molar-refractivity contribution is -0.137. The topological polar surface area (TPSA) is 105 Å². The minimum Gasteiger partial charge on any atom is -0.484 e. The summed E-state index contributed by atoms with van der Waals surface area (Å²) in [6.45, 7) is 1.99. The average Bonchev–Trinajstić information content (AvgIpc) is 2.91. The number of benzene rings is 3. The van der Waals surface area contributed by atoms with Crippen LogP contribution in [0.1, 0.15) is 19.4 Å². The zero-order chi connectivity index (χ0) is 30.1. The van der Waals surface area contributed by atoms with Crippen LogP contribution in [0.4, 0.5) is 27.6 Å². The van der Waals surface area contributed by atoms with Gasteiger partial charge >= 0.3 is 6.18 Å². The van der Waals surface area contributed by atoms with E-state index >= 15 is 0 Å². The lowest BCUT2D eigenvalue weighted by atomic mass is 10.0. The number of sulfonamides is 1. The molecule has 3 aromatic rings. The second kappa shape index (κ2) is 11.4. The summed E-state index contributed by atoms with van der Waals surface area (Å²) in [6, 6.07) is 8.92. The number of halogens is 5.